The number of hydrogen-bond donors (Lipinski definition) is 2. The second-order valence-electron chi connectivity index (χ2n) is 5.37. The van der Waals surface area contributed by atoms with E-state index in [0.29, 0.717) is 5.69 Å². The second kappa shape index (κ2) is 5.37. The van der Waals surface area contributed by atoms with Gasteiger partial charge < -0.3 is 10.3 Å². The van der Waals surface area contributed by atoms with Gasteiger partial charge in [0.05, 0.1) is 4.47 Å². The predicted octanol–water partition coefficient (Wildman–Crippen LogP) is 3.83. The fourth-order valence-corrected chi connectivity index (χ4v) is 4.15. The van der Waals surface area contributed by atoms with E-state index in [4.69, 9.17) is 0 Å². The van der Waals surface area contributed by atoms with Crippen LogP contribution in [0.1, 0.15) is 21.7 Å². The van der Waals surface area contributed by atoms with Gasteiger partial charge in [0.25, 0.3) is 5.91 Å². The highest BCUT2D eigenvalue weighted by Gasteiger charge is 2.26. The van der Waals surface area contributed by atoms with Crippen LogP contribution in [0.2, 0.25) is 0 Å². The third-order valence-electron chi connectivity index (χ3n) is 4.06. The molecule has 0 amide bonds. The molecule has 0 fully saturated rings. The van der Waals surface area contributed by atoms with E-state index in [1.807, 2.05) is 30.3 Å². The molecule has 3 aromatic rings. The molecule has 1 aromatic carbocycles. The standard InChI is InChI=1S/C16H13Br2N3O/c17-14-10-8-19-6-5-13(10)21(15(14)18)16(22)12-7-9-3-1-2-4-11(9)20-12/h1-4,7,19-20H,5-6,8H2. The molecular formula is C16H13Br2N3O. The maximum Gasteiger partial charge on any atom is 0.279 e. The maximum absolute atomic E-state index is 13.0. The Hall–Kier alpha value is -1.37. The van der Waals surface area contributed by atoms with Gasteiger partial charge >= 0.3 is 0 Å². The van der Waals surface area contributed by atoms with Gasteiger partial charge in [-0.3, -0.25) is 9.36 Å². The fourth-order valence-electron chi connectivity index (χ4n) is 2.99. The topological polar surface area (TPSA) is 49.8 Å². The number of carbonyl (C=O) groups is 1. The van der Waals surface area contributed by atoms with Crippen LogP contribution in [0.15, 0.2) is 39.4 Å². The molecule has 0 bridgehead atoms. The highest BCUT2D eigenvalue weighted by Crippen LogP contribution is 2.35. The summed E-state index contributed by atoms with van der Waals surface area (Å²) >= 11 is 7.15. The molecule has 22 heavy (non-hydrogen) atoms. The Morgan fingerprint density at radius 1 is 1.23 bits per heavy atom. The minimum Gasteiger partial charge on any atom is -0.351 e. The molecule has 0 unspecified atom stereocenters. The number of rotatable bonds is 1. The van der Waals surface area contributed by atoms with Crippen molar-refractivity contribution in [3.05, 3.63) is 56.4 Å². The Morgan fingerprint density at radius 3 is 2.86 bits per heavy atom. The number of benzene rings is 1. The first kappa shape index (κ1) is 14.2. The number of hydrogen-bond acceptors (Lipinski definition) is 2. The van der Waals surface area contributed by atoms with Gasteiger partial charge in [-0.05, 0) is 44.0 Å². The third kappa shape index (κ3) is 2.09. The molecule has 112 valence electrons. The van der Waals surface area contributed by atoms with E-state index in [1.165, 1.54) is 0 Å². The van der Waals surface area contributed by atoms with Crippen LogP contribution in [-0.2, 0) is 13.0 Å². The Balaban J connectivity index is 1.86. The van der Waals surface area contributed by atoms with Crippen LogP contribution >= 0.6 is 31.9 Å². The van der Waals surface area contributed by atoms with Gasteiger partial charge in [-0.25, -0.2) is 0 Å². The number of H-pyrrole nitrogens is 1. The zero-order chi connectivity index (χ0) is 15.3. The average Bonchev–Trinajstić information content (AvgIpc) is 3.08. The van der Waals surface area contributed by atoms with Crippen molar-refractivity contribution in [2.45, 2.75) is 13.0 Å². The minimum atomic E-state index is -0.0353. The summed E-state index contributed by atoms with van der Waals surface area (Å²) in [5.74, 6) is -0.0353. The van der Waals surface area contributed by atoms with Crippen molar-refractivity contribution in [2.75, 3.05) is 6.54 Å². The molecule has 0 spiro atoms. The number of halogens is 2. The lowest BCUT2D eigenvalue weighted by Gasteiger charge is -2.15. The summed E-state index contributed by atoms with van der Waals surface area (Å²) in [6.45, 7) is 1.66. The van der Waals surface area contributed by atoms with Crippen LogP contribution in [-0.4, -0.2) is 22.0 Å². The largest absolute Gasteiger partial charge is 0.351 e. The summed E-state index contributed by atoms with van der Waals surface area (Å²) < 4.78 is 3.51. The molecule has 0 aliphatic carbocycles. The Morgan fingerprint density at radius 2 is 2.05 bits per heavy atom. The minimum absolute atomic E-state index is 0.0353. The zero-order valence-corrected chi connectivity index (χ0v) is 14.8. The van der Waals surface area contributed by atoms with Crippen LogP contribution in [0.25, 0.3) is 10.9 Å². The quantitative estimate of drug-likeness (QED) is 0.626. The van der Waals surface area contributed by atoms with E-state index in [2.05, 4.69) is 42.2 Å². The first-order valence-electron chi connectivity index (χ1n) is 7.07. The molecule has 4 nitrogen and oxygen atoms in total. The summed E-state index contributed by atoms with van der Waals surface area (Å²) in [6.07, 6.45) is 0.839. The van der Waals surface area contributed by atoms with E-state index in [9.17, 15) is 4.79 Å². The van der Waals surface area contributed by atoms with Crippen molar-refractivity contribution in [3.63, 3.8) is 0 Å². The van der Waals surface area contributed by atoms with Crippen molar-refractivity contribution < 1.29 is 4.79 Å². The predicted molar refractivity (Wildman–Crippen MR) is 93.3 cm³/mol. The van der Waals surface area contributed by atoms with E-state index in [0.717, 1.165) is 50.7 Å². The number of aromatic nitrogens is 2. The van der Waals surface area contributed by atoms with E-state index in [1.54, 1.807) is 4.57 Å². The number of fused-ring (bicyclic) bond motifs is 2. The zero-order valence-electron chi connectivity index (χ0n) is 11.6. The lowest BCUT2D eigenvalue weighted by Crippen LogP contribution is -2.26. The molecule has 4 rings (SSSR count). The van der Waals surface area contributed by atoms with Crippen molar-refractivity contribution in [1.29, 1.82) is 0 Å². The first-order valence-corrected chi connectivity index (χ1v) is 8.66. The highest BCUT2D eigenvalue weighted by atomic mass is 79.9. The molecule has 0 saturated heterocycles. The molecule has 2 aromatic heterocycles. The first-order chi connectivity index (χ1) is 10.7. The summed E-state index contributed by atoms with van der Waals surface area (Å²) in [6, 6.07) is 9.82. The number of carbonyl (C=O) groups excluding carboxylic acids is 1. The maximum atomic E-state index is 13.0. The third-order valence-corrected chi connectivity index (χ3v) is 6.20. The summed E-state index contributed by atoms with van der Waals surface area (Å²) in [4.78, 5) is 16.2. The smallest absolute Gasteiger partial charge is 0.279 e. The number of nitrogens with zero attached hydrogens (tertiary/aromatic N) is 1. The molecule has 1 aliphatic rings. The monoisotopic (exact) mass is 421 g/mol. The van der Waals surface area contributed by atoms with Gasteiger partial charge in [0, 0.05) is 41.7 Å². The molecule has 0 saturated carbocycles. The Kier molecular flexibility index (Phi) is 3.47. The number of nitrogens with one attached hydrogen (secondary N) is 2. The van der Waals surface area contributed by atoms with Crippen molar-refractivity contribution in [2.24, 2.45) is 0 Å². The van der Waals surface area contributed by atoms with Crippen LogP contribution in [0.4, 0.5) is 0 Å². The summed E-state index contributed by atoms with van der Waals surface area (Å²) in [5.41, 5.74) is 3.80. The number of aromatic amines is 1. The summed E-state index contributed by atoms with van der Waals surface area (Å²) in [7, 11) is 0. The van der Waals surface area contributed by atoms with Gasteiger partial charge in [0.15, 0.2) is 0 Å². The highest BCUT2D eigenvalue weighted by molar-refractivity contribution is 9.13. The van der Waals surface area contributed by atoms with Crippen LogP contribution < -0.4 is 5.32 Å². The number of para-hydroxylation sites is 1. The van der Waals surface area contributed by atoms with Crippen LogP contribution in [0.5, 0.6) is 0 Å². The van der Waals surface area contributed by atoms with Crippen molar-refractivity contribution in [1.82, 2.24) is 14.9 Å². The van der Waals surface area contributed by atoms with Gasteiger partial charge in [-0.1, -0.05) is 18.2 Å². The molecule has 0 atom stereocenters. The second-order valence-corrected chi connectivity index (χ2v) is 6.91. The fraction of sp³-hybridized carbons (Fsp3) is 0.188. The van der Waals surface area contributed by atoms with Crippen LogP contribution in [0, 0.1) is 0 Å². The SMILES string of the molecule is O=C(c1cc2ccccc2[nH]1)n1c(Br)c(Br)c2c1CCNC2. The van der Waals surface area contributed by atoms with Gasteiger partial charge in [-0.2, -0.15) is 0 Å². The van der Waals surface area contributed by atoms with Crippen molar-refractivity contribution >= 4 is 48.7 Å². The normalized spacial score (nSPS) is 14.3. The van der Waals surface area contributed by atoms with Gasteiger partial charge in [0.1, 0.15) is 10.3 Å². The molecular weight excluding hydrogens is 410 g/mol. The molecule has 1 aliphatic heterocycles. The molecule has 6 heteroatoms. The lowest BCUT2D eigenvalue weighted by atomic mass is 10.1. The molecule has 2 N–H and O–H groups in total. The van der Waals surface area contributed by atoms with Crippen molar-refractivity contribution in [3.8, 4) is 0 Å². The Labute approximate surface area is 144 Å². The van der Waals surface area contributed by atoms with Crippen LogP contribution in [0.3, 0.4) is 0 Å². The van der Waals surface area contributed by atoms with E-state index >= 15 is 0 Å². The van der Waals surface area contributed by atoms with E-state index in [-0.39, 0.29) is 5.91 Å². The molecule has 0 radical (unpaired) electrons. The lowest BCUT2D eigenvalue weighted by molar-refractivity contribution is 0.0950. The van der Waals surface area contributed by atoms with E-state index < -0.39 is 0 Å². The summed E-state index contributed by atoms with van der Waals surface area (Å²) in [5, 5.41) is 4.38. The van der Waals surface area contributed by atoms with Gasteiger partial charge in [0.2, 0.25) is 0 Å². The average molecular weight is 423 g/mol. The Bertz CT molecular complexity index is 861. The molecule has 3 heterocycles. The van der Waals surface area contributed by atoms with Gasteiger partial charge in [-0.15, -0.1) is 0 Å².